The standard InChI is InChI=1S/C31H21Cl3F8N2O4/c1-2-3-6-15-9-11-16(12-10-15)25(47)43-19-13-14-20(22-21(19)23(45)17-7-4-5-8-18(17)24(22)46)44-26(48)27(35,36)28(32,37)30(39,40)29(33,38)31(34,41)42/h4-5,7-14H,2-3,6H2,1H3,(H,43,47)(H,44,48). The van der Waals surface area contributed by atoms with Crippen LogP contribution in [-0.4, -0.2) is 50.9 Å². The van der Waals surface area contributed by atoms with Crippen molar-refractivity contribution in [3.05, 3.63) is 94.0 Å². The van der Waals surface area contributed by atoms with Crippen molar-refractivity contribution in [3.8, 4) is 0 Å². The average molecular weight is 744 g/mol. The van der Waals surface area contributed by atoms with E-state index in [0.29, 0.717) is 6.07 Å². The Bertz CT molecular complexity index is 1800. The number of alkyl halides is 11. The topological polar surface area (TPSA) is 92.3 Å². The van der Waals surface area contributed by atoms with Gasteiger partial charge in [0.25, 0.3) is 11.8 Å². The Balaban J connectivity index is 1.76. The van der Waals surface area contributed by atoms with Crippen LogP contribution in [0.5, 0.6) is 0 Å². The van der Waals surface area contributed by atoms with Gasteiger partial charge in [0.15, 0.2) is 11.6 Å². The van der Waals surface area contributed by atoms with Crippen molar-refractivity contribution in [2.45, 2.75) is 53.7 Å². The Morgan fingerprint density at radius 2 is 1.17 bits per heavy atom. The normalized spacial score (nSPS) is 15.9. The first-order valence-corrected chi connectivity index (χ1v) is 14.9. The monoisotopic (exact) mass is 742 g/mol. The number of amides is 2. The molecule has 4 rings (SSSR count). The van der Waals surface area contributed by atoms with Crippen LogP contribution in [-0.2, 0) is 11.2 Å². The molecule has 0 saturated carbocycles. The van der Waals surface area contributed by atoms with Crippen LogP contribution < -0.4 is 10.6 Å². The molecule has 3 aromatic carbocycles. The molecule has 0 saturated heterocycles. The van der Waals surface area contributed by atoms with E-state index in [1.165, 1.54) is 35.6 Å². The van der Waals surface area contributed by atoms with Gasteiger partial charge in [0.2, 0.25) is 0 Å². The Morgan fingerprint density at radius 1 is 0.688 bits per heavy atom. The molecule has 3 aromatic rings. The Hall–Kier alpha value is -3.75. The van der Waals surface area contributed by atoms with Crippen molar-refractivity contribution < 1.29 is 54.3 Å². The van der Waals surface area contributed by atoms with Crippen LogP contribution in [0.4, 0.5) is 46.5 Å². The number of benzene rings is 3. The third kappa shape index (κ3) is 6.14. The minimum atomic E-state index is -6.75. The Labute approximate surface area is 281 Å². The molecular weight excluding hydrogens is 723 g/mol. The molecule has 2 N–H and O–H groups in total. The molecule has 0 spiro atoms. The number of halogens is 11. The molecule has 256 valence electrons. The van der Waals surface area contributed by atoms with Crippen LogP contribution in [0.1, 0.15) is 67.5 Å². The van der Waals surface area contributed by atoms with Gasteiger partial charge in [-0.3, -0.25) is 19.2 Å². The summed E-state index contributed by atoms with van der Waals surface area (Å²) in [6, 6.07) is 13.0. The minimum Gasteiger partial charge on any atom is -0.321 e. The number of aryl methyl sites for hydroxylation is 1. The van der Waals surface area contributed by atoms with Gasteiger partial charge in [0.05, 0.1) is 22.5 Å². The molecule has 0 bridgehead atoms. The van der Waals surface area contributed by atoms with Gasteiger partial charge in [-0.05, 0) is 54.3 Å². The lowest BCUT2D eigenvalue weighted by atomic mass is 9.82. The molecule has 1 aliphatic carbocycles. The summed E-state index contributed by atoms with van der Waals surface area (Å²) < 4.78 is 114. The molecular formula is C31H21Cl3F8N2O4. The summed E-state index contributed by atoms with van der Waals surface area (Å²) in [7, 11) is 0. The van der Waals surface area contributed by atoms with Crippen LogP contribution >= 0.6 is 34.8 Å². The van der Waals surface area contributed by atoms with Crippen LogP contribution in [0, 0.1) is 0 Å². The van der Waals surface area contributed by atoms with Crippen molar-refractivity contribution in [3.63, 3.8) is 0 Å². The van der Waals surface area contributed by atoms with Crippen LogP contribution in [0.25, 0.3) is 0 Å². The first kappa shape index (κ1) is 37.1. The van der Waals surface area contributed by atoms with E-state index in [2.05, 4.69) is 40.1 Å². The maximum atomic E-state index is 15.0. The van der Waals surface area contributed by atoms with Gasteiger partial charge in [0.1, 0.15) is 0 Å². The molecule has 17 heteroatoms. The SMILES string of the molecule is CCCCc1ccc(C(=O)Nc2ccc(NC(=O)C(F)(F)C(F)(Cl)C(F)(F)C(F)(Cl)C(F)(F)Cl)c3c2C(=O)c2ccccc2C3=O)cc1. The largest absolute Gasteiger partial charge is 0.378 e. The predicted octanol–water partition coefficient (Wildman–Crippen LogP) is 8.91. The van der Waals surface area contributed by atoms with Crippen molar-refractivity contribution >= 4 is 69.6 Å². The molecule has 0 aromatic heterocycles. The summed E-state index contributed by atoms with van der Waals surface area (Å²) in [5, 5.41) is -14.5. The average Bonchev–Trinajstić information content (AvgIpc) is 3.02. The summed E-state index contributed by atoms with van der Waals surface area (Å²) in [6.45, 7) is 2.00. The molecule has 0 fully saturated rings. The zero-order valence-corrected chi connectivity index (χ0v) is 26.5. The highest BCUT2D eigenvalue weighted by Gasteiger charge is 2.84. The maximum absolute atomic E-state index is 15.0. The van der Waals surface area contributed by atoms with E-state index in [4.69, 9.17) is 0 Å². The molecule has 0 heterocycles. The zero-order valence-electron chi connectivity index (χ0n) is 24.2. The minimum absolute atomic E-state index is 0.115. The van der Waals surface area contributed by atoms with E-state index < -0.39 is 67.7 Å². The number of ketones is 2. The third-order valence-electron chi connectivity index (χ3n) is 7.43. The summed E-state index contributed by atoms with van der Waals surface area (Å²) in [4.78, 5) is 52.8. The highest BCUT2D eigenvalue weighted by Crippen LogP contribution is 2.60. The molecule has 2 unspecified atom stereocenters. The molecule has 2 atom stereocenters. The second kappa shape index (κ2) is 12.9. The second-order valence-electron chi connectivity index (χ2n) is 10.6. The van der Waals surface area contributed by atoms with E-state index in [-0.39, 0.29) is 22.4 Å². The maximum Gasteiger partial charge on any atom is 0.378 e. The third-order valence-corrected chi connectivity index (χ3v) is 8.74. The first-order valence-electron chi connectivity index (χ1n) is 13.8. The lowest BCUT2D eigenvalue weighted by molar-refractivity contribution is -0.258. The van der Waals surface area contributed by atoms with Gasteiger partial charge < -0.3 is 10.6 Å². The van der Waals surface area contributed by atoms with E-state index in [1.54, 1.807) is 12.1 Å². The van der Waals surface area contributed by atoms with E-state index in [9.17, 15) is 54.3 Å². The van der Waals surface area contributed by atoms with Crippen molar-refractivity contribution in [2.75, 3.05) is 10.6 Å². The lowest BCUT2D eigenvalue weighted by Gasteiger charge is -2.39. The number of unbranched alkanes of at least 4 members (excludes halogenated alkanes) is 1. The first-order chi connectivity index (χ1) is 22.1. The highest BCUT2D eigenvalue weighted by molar-refractivity contribution is 6.35. The van der Waals surface area contributed by atoms with Crippen LogP contribution in [0.15, 0.2) is 60.7 Å². The van der Waals surface area contributed by atoms with Crippen molar-refractivity contribution in [2.24, 2.45) is 0 Å². The Morgan fingerprint density at radius 3 is 1.62 bits per heavy atom. The van der Waals surface area contributed by atoms with E-state index in [0.717, 1.165) is 37.0 Å². The summed E-state index contributed by atoms with van der Waals surface area (Å²) in [6.07, 6.45) is 2.58. The zero-order chi connectivity index (χ0) is 36.0. The Kier molecular flexibility index (Phi) is 9.99. The fourth-order valence-corrected chi connectivity index (χ4v) is 5.26. The van der Waals surface area contributed by atoms with Gasteiger partial charge in [0, 0.05) is 16.7 Å². The van der Waals surface area contributed by atoms with Crippen LogP contribution in [0.2, 0.25) is 0 Å². The van der Waals surface area contributed by atoms with Crippen molar-refractivity contribution in [1.82, 2.24) is 0 Å². The molecule has 6 nitrogen and oxygen atoms in total. The number of nitrogens with one attached hydrogen (secondary N) is 2. The van der Waals surface area contributed by atoms with Gasteiger partial charge in [-0.25, -0.2) is 8.78 Å². The number of hydrogen-bond acceptors (Lipinski definition) is 4. The van der Waals surface area contributed by atoms with Gasteiger partial charge >= 0.3 is 27.5 Å². The summed E-state index contributed by atoms with van der Waals surface area (Å²) in [5.74, 6) is -18.9. The quantitative estimate of drug-likeness (QED) is 0.119. The second-order valence-corrected chi connectivity index (χ2v) is 12.1. The number of hydrogen-bond donors (Lipinski definition) is 2. The summed E-state index contributed by atoms with van der Waals surface area (Å²) >= 11 is 13.1. The van der Waals surface area contributed by atoms with Gasteiger partial charge in [-0.1, -0.05) is 72.9 Å². The predicted molar refractivity (Wildman–Crippen MR) is 161 cm³/mol. The number of anilines is 2. The molecule has 1 aliphatic rings. The number of carbonyl (C=O) groups is 4. The van der Waals surface area contributed by atoms with Gasteiger partial charge in [-0.15, -0.1) is 0 Å². The molecule has 0 aliphatic heterocycles. The number of rotatable bonds is 11. The van der Waals surface area contributed by atoms with E-state index >= 15 is 0 Å². The molecule has 48 heavy (non-hydrogen) atoms. The lowest BCUT2D eigenvalue weighted by Crippen LogP contribution is -2.67. The fraction of sp³-hybridized carbons (Fsp3) is 0.290. The molecule has 0 radical (unpaired) electrons. The van der Waals surface area contributed by atoms with Gasteiger partial charge in [-0.2, -0.15) is 26.3 Å². The summed E-state index contributed by atoms with van der Waals surface area (Å²) in [5.41, 5.74) is -2.29. The fourth-order valence-electron chi connectivity index (χ4n) is 4.75. The van der Waals surface area contributed by atoms with E-state index in [1.807, 2.05) is 6.92 Å². The van der Waals surface area contributed by atoms with Crippen LogP contribution in [0.3, 0.4) is 0 Å². The number of fused-ring (bicyclic) bond motifs is 2. The highest BCUT2D eigenvalue weighted by atomic mass is 35.5. The van der Waals surface area contributed by atoms with Crippen molar-refractivity contribution in [1.29, 1.82) is 0 Å². The molecule has 2 amide bonds. The number of carbonyl (C=O) groups excluding carboxylic acids is 4. The smallest absolute Gasteiger partial charge is 0.321 e.